The van der Waals surface area contributed by atoms with E-state index in [-0.39, 0.29) is 23.8 Å². The van der Waals surface area contributed by atoms with E-state index < -0.39 is 0 Å². The van der Waals surface area contributed by atoms with Crippen LogP contribution in [0.2, 0.25) is 5.02 Å². The molecule has 7 heteroatoms. The van der Waals surface area contributed by atoms with Gasteiger partial charge in [-0.05, 0) is 29.7 Å². The normalized spacial score (nSPS) is 11.0. The summed E-state index contributed by atoms with van der Waals surface area (Å²) in [6.45, 7) is 4.27. The van der Waals surface area contributed by atoms with Crippen molar-refractivity contribution in [2.24, 2.45) is 0 Å². The number of hydrogen-bond acceptors (Lipinski definition) is 5. The van der Waals surface area contributed by atoms with E-state index in [1.807, 2.05) is 24.3 Å². The minimum absolute atomic E-state index is 0.0438. The molecule has 1 amide bonds. The Bertz CT molecular complexity index is 936. The predicted octanol–water partition coefficient (Wildman–Crippen LogP) is 4.79. The van der Waals surface area contributed by atoms with Crippen molar-refractivity contribution in [2.75, 3.05) is 5.32 Å². The Kier molecular flexibility index (Phi) is 5.76. The maximum atomic E-state index is 12.1. The fraction of sp³-hybridized carbons (Fsp3) is 0.250. The van der Waals surface area contributed by atoms with Crippen molar-refractivity contribution in [3.05, 3.63) is 58.9 Å². The van der Waals surface area contributed by atoms with Gasteiger partial charge in [0.2, 0.25) is 17.6 Å². The molecule has 0 aliphatic heterocycles. The highest BCUT2D eigenvalue weighted by Gasteiger charge is 2.12. The zero-order valence-electron chi connectivity index (χ0n) is 15.1. The van der Waals surface area contributed by atoms with E-state index in [0.717, 1.165) is 5.56 Å². The molecule has 0 unspecified atom stereocenters. The van der Waals surface area contributed by atoms with E-state index in [1.165, 1.54) is 17.7 Å². The number of carbonyl (C=O) groups excluding carboxylic acids is 1. The number of amides is 1. The molecule has 0 saturated heterocycles. The van der Waals surface area contributed by atoms with Crippen molar-refractivity contribution in [2.45, 2.75) is 32.6 Å². The quantitative estimate of drug-likeness (QED) is 0.595. The summed E-state index contributed by atoms with van der Waals surface area (Å²) in [5, 5.41) is 16.7. The number of carbonyl (C=O) groups is 1. The van der Waals surface area contributed by atoms with Crippen LogP contribution in [-0.4, -0.2) is 21.2 Å². The first-order valence-corrected chi connectivity index (χ1v) is 9.01. The van der Waals surface area contributed by atoms with Crippen LogP contribution in [0.15, 0.2) is 47.0 Å². The van der Waals surface area contributed by atoms with Crippen molar-refractivity contribution in [1.82, 2.24) is 10.1 Å². The van der Waals surface area contributed by atoms with Crippen molar-refractivity contribution in [3.63, 3.8) is 0 Å². The summed E-state index contributed by atoms with van der Waals surface area (Å²) in [4.78, 5) is 16.4. The maximum Gasteiger partial charge on any atom is 0.227 e. The van der Waals surface area contributed by atoms with Crippen LogP contribution in [0.4, 0.5) is 5.69 Å². The van der Waals surface area contributed by atoms with Gasteiger partial charge in [-0.2, -0.15) is 4.98 Å². The summed E-state index contributed by atoms with van der Waals surface area (Å²) in [6, 6.07) is 12.5. The van der Waals surface area contributed by atoms with E-state index >= 15 is 0 Å². The Morgan fingerprint density at radius 3 is 2.67 bits per heavy atom. The summed E-state index contributed by atoms with van der Waals surface area (Å²) in [5.74, 6) is 1.00. The van der Waals surface area contributed by atoms with E-state index in [0.29, 0.717) is 29.1 Å². The Morgan fingerprint density at radius 2 is 1.96 bits per heavy atom. The number of nitrogens with zero attached hydrogens (tertiary/aromatic N) is 2. The molecule has 2 aromatic carbocycles. The highest BCUT2D eigenvalue weighted by molar-refractivity contribution is 6.31. The lowest BCUT2D eigenvalue weighted by atomic mass is 10.0. The Balaban J connectivity index is 1.59. The molecule has 0 spiro atoms. The van der Waals surface area contributed by atoms with Gasteiger partial charge in [-0.1, -0.05) is 54.9 Å². The minimum Gasteiger partial charge on any atom is -0.506 e. The van der Waals surface area contributed by atoms with Crippen LogP contribution in [0.1, 0.15) is 37.6 Å². The molecule has 6 nitrogen and oxygen atoms in total. The summed E-state index contributed by atoms with van der Waals surface area (Å²) < 4.78 is 5.23. The summed E-state index contributed by atoms with van der Waals surface area (Å²) in [7, 11) is 0. The van der Waals surface area contributed by atoms with Gasteiger partial charge in [-0.15, -0.1) is 0 Å². The van der Waals surface area contributed by atoms with Crippen LogP contribution in [0.5, 0.6) is 5.75 Å². The van der Waals surface area contributed by atoms with Gasteiger partial charge in [-0.3, -0.25) is 4.79 Å². The fourth-order valence-corrected chi connectivity index (χ4v) is 2.70. The first-order chi connectivity index (χ1) is 12.9. The van der Waals surface area contributed by atoms with Gasteiger partial charge in [0, 0.05) is 23.4 Å². The van der Waals surface area contributed by atoms with Crippen molar-refractivity contribution < 1.29 is 14.4 Å². The molecule has 0 aliphatic carbocycles. The standard InChI is InChI=1S/C20H20ClN3O3/c1-12(2)13-3-5-14(6-4-13)20-23-19(27-24-20)10-9-18(26)22-16-11-15(21)7-8-17(16)25/h3-8,11-12,25H,9-10H2,1-2H3,(H,22,26). The summed E-state index contributed by atoms with van der Waals surface area (Å²) >= 11 is 5.87. The molecule has 0 bridgehead atoms. The molecular formula is C20H20ClN3O3. The Morgan fingerprint density at radius 1 is 1.22 bits per heavy atom. The second-order valence-corrected chi connectivity index (χ2v) is 6.93. The average molecular weight is 386 g/mol. The van der Waals surface area contributed by atoms with Gasteiger partial charge in [0.15, 0.2) is 0 Å². The van der Waals surface area contributed by atoms with Crippen molar-refractivity contribution >= 4 is 23.2 Å². The Hall–Kier alpha value is -2.86. The lowest BCUT2D eigenvalue weighted by molar-refractivity contribution is -0.116. The van der Waals surface area contributed by atoms with Crippen LogP contribution in [0.3, 0.4) is 0 Å². The molecule has 0 saturated carbocycles. The van der Waals surface area contributed by atoms with E-state index in [4.69, 9.17) is 16.1 Å². The molecule has 3 aromatic rings. The number of halogens is 1. The van der Waals surface area contributed by atoms with Crippen LogP contribution < -0.4 is 5.32 Å². The zero-order valence-corrected chi connectivity index (χ0v) is 15.8. The Labute approximate surface area is 162 Å². The second kappa shape index (κ2) is 8.22. The molecular weight excluding hydrogens is 366 g/mol. The van der Waals surface area contributed by atoms with Gasteiger partial charge in [0.25, 0.3) is 0 Å². The predicted molar refractivity (Wildman–Crippen MR) is 104 cm³/mol. The number of hydrogen-bond donors (Lipinski definition) is 2. The molecule has 27 heavy (non-hydrogen) atoms. The van der Waals surface area contributed by atoms with Crippen LogP contribution in [-0.2, 0) is 11.2 Å². The topological polar surface area (TPSA) is 88.2 Å². The third-order valence-electron chi connectivity index (χ3n) is 4.10. The maximum absolute atomic E-state index is 12.1. The van der Waals surface area contributed by atoms with Crippen LogP contribution in [0.25, 0.3) is 11.4 Å². The third-order valence-corrected chi connectivity index (χ3v) is 4.34. The first-order valence-electron chi connectivity index (χ1n) is 8.63. The smallest absolute Gasteiger partial charge is 0.227 e. The number of benzene rings is 2. The SMILES string of the molecule is CC(C)c1ccc(-c2noc(CCC(=O)Nc3cc(Cl)ccc3O)n2)cc1. The van der Waals surface area contributed by atoms with Gasteiger partial charge in [-0.25, -0.2) is 0 Å². The van der Waals surface area contributed by atoms with Crippen LogP contribution in [0, 0.1) is 0 Å². The molecule has 2 N–H and O–H groups in total. The van der Waals surface area contributed by atoms with Crippen molar-refractivity contribution in [1.29, 1.82) is 0 Å². The number of aryl methyl sites for hydroxylation is 1. The first kappa shape index (κ1) is 18.9. The van der Waals surface area contributed by atoms with Gasteiger partial charge in [0.05, 0.1) is 5.69 Å². The van der Waals surface area contributed by atoms with Crippen molar-refractivity contribution in [3.8, 4) is 17.1 Å². The lowest BCUT2D eigenvalue weighted by Crippen LogP contribution is -2.12. The highest BCUT2D eigenvalue weighted by atomic mass is 35.5. The molecule has 1 aromatic heterocycles. The monoisotopic (exact) mass is 385 g/mol. The highest BCUT2D eigenvalue weighted by Crippen LogP contribution is 2.26. The number of rotatable bonds is 6. The van der Waals surface area contributed by atoms with Gasteiger partial charge < -0.3 is 14.9 Å². The third kappa shape index (κ3) is 4.86. The number of phenols is 1. The fourth-order valence-electron chi connectivity index (χ4n) is 2.53. The largest absolute Gasteiger partial charge is 0.506 e. The molecule has 0 fully saturated rings. The van der Waals surface area contributed by atoms with E-state index in [1.54, 1.807) is 6.07 Å². The second-order valence-electron chi connectivity index (χ2n) is 6.50. The molecule has 3 rings (SSSR count). The molecule has 0 aliphatic rings. The number of aromatic hydroxyl groups is 1. The molecule has 140 valence electrons. The zero-order chi connectivity index (χ0) is 19.4. The van der Waals surface area contributed by atoms with Gasteiger partial charge >= 0.3 is 0 Å². The average Bonchev–Trinajstić information content (AvgIpc) is 3.12. The van der Waals surface area contributed by atoms with Crippen LogP contribution >= 0.6 is 11.6 Å². The number of anilines is 1. The number of phenolic OH excluding ortho intramolecular Hbond substituents is 1. The number of aromatic nitrogens is 2. The molecule has 1 heterocycles. The molecule has 0 atom stereocenters. The summed E-state index contributed by atoms with van der Waals surface area (Å²) in [5.41, 5.74) is 2.37. The van der Waals surface area contributed by atoms with Gasteiger partial charge in [0.1, 0.15) is 5.75 Å². The van der Waals surface area contributed by atoms with E-state index in [2.05, 4.69) is 29.3 Å². The molecule has 0 radical (unpaired) electrons. The summed E-state index contributed by atoms with van der Waals surface area (Å²) in [6.07, 6.45) is 0.435. The van der Waals surface area contributed by atoms with E-state index in [9.17, 15) is 9.90 Å². The lowest BCUT2D eigenvalue weighted by Gasteiger charge is -2.06. The minimum atomic E-state index is -0.284. The number of nitrogens with one attached hydrogen (secondary N) is 1.